The van der Waals surface area contributed by atoms with Crippen molar-refractivity contribution in [2.45, 2.75) is 19.4 Å². The molecule has 0 spiro atoms. The first-order valence-electron chi connectivity index (χ1n) is 7.64. The van der Waals surface area contributed by atoms with Crippen molar-refractivity contribution in [3.8, 4) is 0 Å². The van der Waals surface area contributed by atoms with Gasteiger partial charge in [0.25, 0.3) is 0 Å². The van der Waals surface area contributed by atoms with Gasteiger partial charge in [0.2, 0.25) is 0 Å². The van der Waals surface area contributed by atoms with Crippen LogP contribution in [0.1, 0.15) is 24.9 Å². The van der Waals surface area contributed by atoms with E-state index in [9.17, 15) is 9.90 Å². The topological polar surface area (TPSA) is 52.9 Å². The van der Waals surface area contributed by atoms with Gasteiger partial charge in [0.15, 0.2) is 5.71 Å². The van der Waals surface area contributed by atoms with Crippen molar-refractivity contribution >= 4 is 40.6 Å². The highest BCUT2D eigenvalue weighted by Crippen LogP contribution is 2.43. The summed E-state index contributed by atoms with van der Waals surface area (Å²) >= 11 is 12.3. The van der Waals surface area contributed by atoms with Gasteiger partial charge in [-0.1, -0.05) is 54.4 Å². The molecule has 1 aliphatic heterocycles. The van der Waals surface area contributed by atoms with Gasteiger partial charge in [-0.2, -0.15) is 5.10 Å². The molecule has 0 saturated heterocycles. The number of hydrogen-bond acceptors (Lipinski definition) is 3. The number of anilines is 1. The minimum Gasteiger partial charge on any atom is -0.477 e. The molecule has 2 aromatic rings. The van der Waals surface area contributed by atoms with Gasteiger partial charge in [-0.25, -0.2) is 4.79 Å². The molecule has 0 saturated carbocycles. The lowest BCUT2D eigenvalue weighted by atomic mass is 9.88. The lowest BCUT2D eigenvalue weighted by molar-refractivity contribution is -0.129. The molecule has 0 unspecified atom stereocenters. The van der Waals surface area contributed by atoms with Gasteiger partial charge in [0.05, 0.1) is 16.8 Å². The molecular weight excluding hydrogens is 347 g/mol. The van der Waals surface area contributed by atoms with Crippen molar-refractivity contribution in [2.24, 2.45) is 11.0 Å². The van der Waals surface area contributed by atoms with E-state index < -0.39 is 5.97 Å². The first-order valence-corrected chi connectivity index (χ1v) is 8.39. The zero-order valence-corrected chi connectivity index (χ0v) is 14.5. The van der Waals surface area contributed by atoms with Crippen molar-refractivity contribution < 1.29 is 9.90 Å². The molecule has 0 radical (unpaired) electrons. The van der Waals surface area contributed by atoms with Gasteiger partial charge >= 0.3 is 5.97 Å². The number of carbonyl (C=O) groups is 1. The summed E-state index contributed by atoms with van der Waals surface area (Å²) < 4.78 is 0. The summed E-state index contributed by atoms with van der Waals surface area (Å²) in [5.41, 5.74) is 1.79. The highest BCUT2D eigenvalue weighted by molar-refractivity contribution is 6.38. The quantitative estimate of drug-likeness (QED) is 0.830. The Morgan fingerprint density at radius 2 is 1.83 bits per heavy atom. The molecule has 0 bridgehead atoms. The Balaban J connectivity index is 2.13. The van der Waals surface area contributed by atoms with Crippen molar-refractivity contribution in [3.63, 3.8) is 0 Å². The van der Waals surface area contributed by atoms with E-state index in [1.54, 1.807) is 23.2 Å². The van der Waals surface area contributed by atoms with Gasteiger partial charge in [0, 0.05) is 10.9 Å². The lowest BCUT2D eigenvalue weighted by Crippen LogP contribution is -2.27. The Hall–Kier alpha value is -2.04. The largest absolute Gasteiger partial charge is 0.477 e. The summed E-state index contributed by atoms with van der Waals surface area (Å²) in [6.45, 7) is 1.96. The monoisotopic (exact) mass is 362 g/mol. The second-order valence-corrected chi connectivity index (χ2v) is 6.44. The van der Waals surface area contributed by atoms with Crippen LogP contribution < -0.4 is 5.01 Å². The second kappa shape index (κ2) is 6.83. The predicted octanol–water partition coefficient (Wildman–Crippen LogP) is 5.02. The minimum atomic E-state index is -1.00. The van der Waals surface area contributed by atoms with Crippen LogP contribution in [0, 0.1) is 5.92 Å². The third-order valence-electron chi connectivity index (χ3n) is 4.18. The van der Waals surface area contributed by atoms with Crippen LogP contribution in [0.15, 0.2) is 53.6 Å². The highest BCUT2D eigenvalue weighted by Gasteiger charge is 2.41. The van der Waals surface area contributed by atoms with Gasteiger partial charge in [-0.15, -0.1) is 0 Å². The van der Waals surface area contributed by atoms with Crippen molar-refractivity contribution in [1.82, 2.24) is 0 Å². The van der Waals surface area contributed by atoms with Gasteiger partial charge < -0.3 is 5.11 Å². The first-order chi connectivity index (χ1) is 11.5. The van der Waals surface area contributed by atoms with E-state index in [-0.39, 0.29) is 17.7 Å². The normalized spacial score (nSPS) is 20.1. The Kier molecular flexibility index (Phi) is 4.78. The number of para-hydroxylation sites is 1. The average molecular weight is 363 g/mol. The number of nitrogens with zero attached hydrogens (tertiary/aromatic N) is 2. The van der Waals surface area contributed by atoms with E-state index in [2.05, 4.69) is 5.10 Å². The number of carboxylic acids is 1. The molecule has 4 nitrogen and oxygen atoms in total. The fourth-order valence-electron chi connectivity index (χ4n) is 3.07. The summed E-state index contributed by atoms with van der Waals surface area (Å²) in [5.74, 6) is -1.24. The summed E-state index contributed by atoms with van der Waals surface area (Å²) in [6, 6.07) is 14.5. The summed E-state index contributed by atoms with van der Waals surface area (Å²) in [7, 11) is 0. The van der Waals surface area contributed by atoms with Crippen molar-refractivity contribution in [1.29, 1.82) is 0 Å². The molecule has 0 aliphatic carbocycles. The second-order valence-electron chi connectivity index (χ2n) is 5.60. The van der Waals surface area contributed by atoms with Crippen LogP contribution >= 0.6 is 23.2 Å². The Morgan fingerprint density at radius 3 is 2.42 bits per heavy atom. The predicted molar refractivity (Wildman–Crippen MR) is 97.0 cm³/mol. The number of rotatable bonds is 4. The number of benzene rings is 2. The third kappa shape index (κ3) is 2.99. The standard InChI is InChI=1S/C18H16Cl2N2O2/c1-2-13-16(18(23)24)21-22(15-6-4-3-5-14(15)20)17(13)11-7-9-12(19)10-8-11/h3-10,13,17H,2H2,1H3,(H,23,24)/t13-,17+/m0/s1. The van der Waals surface area contributed by atoms with Crippen LogP contribution in [0.4, 0.5) is 5.69 Å². The van der Waals surface area contributed by atoms with E-state index >= 15 is 0 Å². The maximum Gasteiger partial charge on any atom is 0.352 e. The molecular formula is C18H16Cl2N2O2. The Labute approximate surface area is 150 Å². The maximum atomic E-state index is 11.7. The molecule has 0 amide bonds. The molecule has 3 rings (SSSR count). The summed E-state index contributed by atoms with van der Waals surface area (Å²) in [5, 5.41) is 16.8. The zero-order chi connectivity index (χ0) is 17.3. The Bertz CT molecular complexity index is 790. The van der Waals surface area contributed by atoms with Gasteiger partial charge in [0.1, 0.15) is 0 Å². The molecule has 6 heteroatoms. The van der Waals surface area contributed by atoms with Crippen LogP contribution in [0.2, 0.25) is 10.0 Å². The van der Waals surface area contributed by atoms with E-state index in [0.717, 1.165) is 5.56 Å². The molecule has 0 aromatic heterocycles. The van der Waals surface area contributed by atoms with Crippen LogP contribution in [0.25, 0.3) is 0 Å². The Morgan fingerprint density at radius 1 is 1.17 bits per heavy atom. The van der Waals surface area contributed by atoms with Gasteiger partial charge in [-0.05, 0) is 36.2 Å². The smallest absolute Gasteiger partial charge is 0.352 e. The summed E-state index contributed by atoms with van der Waals surface area (Å²) in [6.07, 6.45) is 0.652. The van der Waals surface area contributed by atoms with Crippen LogP contribution in [-0.4, -0.2) is 16.8 Å². The maximum absolute atomic E-state index is 11.7. The van der Waals surface area contributed by atoms with E-state index in [1.165, 1.54) is 0 Å². The zero-order valence-electron chi connectivity index (χ0n) is 13.0. The van der Waals surface area contributed by atoms with Gasteiger partial charge in [-0.3, -0.25) is 5.01 Å². The number of hydrogen-bond donors (Lipinski definition) is 1. The van der Waals surface area contributed by atoms with Crippen LogP contribution in [-0.2, 0) is 4.79 Å². The molecule has 1 aliphatic rings. The van der Waals surface area contributed by atoms with E-state index in [1.807, 2.05) is 37.3 Å². The number of aliphatic carboxylic acids is 1. The minimum absolute atomic E-state index is 0.150. The van der Waals surface area contributed by atoms with E-state index in [4.69, 9.17) is 23.2 Å². The van der Waals surface area contributed by atoms with Crippen LogP contribution in [0.5, 0.6) is 0 Å². The molecule has 1 heterocycles. The molecule has 24 heavy (non-hydrogen) atoms. The number of carboxylic acid groups (broad SMARTS) is 1. The first kappa shape index (κ1) is 16.8. The number of hydrazone groups is 1. The lowest BCUT2D eigenvalue weighted by Gasteiger charge is -2.28. The number of halogens is 2. The summed E-state index contributed by atoms with van der Waals surface area (Å²) in [4.78, 5) is 11.7. The molecule has 2 atom stereocenters. The SMILES string of the molecule is CC[C@H]1C(C(=O)O)=NN(c2ccccc2Cl)[C@@H]1c1ccc(Cl)cc1. The average Bonchev–Trinajstić information content (AvgIpc) is 2.95. The molecule has 124 valence electrons. The molecule has 1 N–H and O–H groups in total. The molecule has 2 aromatic carbocycles. The van der Waals surface area contributed by atoms with Crippen molar-refractivity contribution in [2.75, 3.05) is 5.01 Å². The third-order valence-corrected chi connectivity index (χ3v) is 4.75. The highest BCUT2D eigenvalue weighted by atomic mass is 35.5. The van der Waals surface area contributed by atoms with Crippen molar-refractivity contribution in [3.05, 3.63) is 64.1 Å². The molecule has 0 fully saturated rings. The fraction of sp³-hybridized carbons (Fsp3) is 0.222. The fourth-order valence-corrected chi connectivity index (χ4v) is 3.41. The van der Waals surface area contributed by atoms with E-state index in [0.29, 0.717) is 22.2 Å². The van der Waals surface area contributed by atoms with Crippen LogP contribution in [0.3, 0.4) is 0 Å².